The van der Waals surface area contributed by atoms with Gasteiger partial charge < -0.3 is 9.47 Å². The van der Waals surface area contributed by atoms with Gasteiger partial charge in [0.15, 0.2) is 0 Å². The summed E-state index contributed by atoms with van der Waals surface area (Å²) in [6, 6.07) is 2.16. The zero-order valence-electron chi connectivity index (χ0n) is 15.4. The molecule has 25 heavy (non-hydrogen) atoms. The van der Waals surface area contributed by atoms with Crippen molar-refractivity contribution >= 4 is 11.6 Å². The van der Waals surface area contributed by atoms with Gasteiger partial charge in [0, 0.05) is 43.4 Å². The highest BCUT2D eigenvalue weighted by molar-refractivity contribution is 5.49. The van der Waals surface area contributed by atoms with Crippen LogP contribution in [0.5, 0.6) is 0 Å². The monoisotopic (exact) mass is 339 g/mol. The van der Waals surface area contributed by atoms with E-state index in [4.69, 9.17) is 4.98 Å². The number of nitrogens with zero attached hydrogens (tertiary/aromatic N) is 7. The minimum Gasteiger partial charge on any atom is -0.350 e. The SMILES string of the molecule is CCCc1cc(N2CCc3c(nc(C(C)C)n3C)C2)n2ncnc2n1. The van der Waals surface area contributed by atoms with E-state index in [0.29, 0.717) is 11.7 Å². The van der Waals surface area contributed by atoms with Crippen LogP contribution >= 0.6 is 0 Å². The fourth-order valence-electron chi connectivity index (χ4n) is 3.71. The molecular formula is C18H25N7. The molecule has 132 valence electrons. The van der Waals surface area contributed by atoms with Crippen molar-refractivity contribution in [1.82, 2.24) is 29.1 Å². The fraction of sp³-hybridized carbons (Fsp3) is 0.556. The van der Waals surface area contributed by atoms with Crippen LogP contribution in [0.15, 0.2) is 12.4 Å². The number of hydrogen-bond acceptors (Lipinski definition) is 5. The molecule has 0 aromatic carbocycles. The third kappa shape index (κ3) is 2.67. The van der Waals surface area contributed by atoms with Crippen molar-refractivity contribution < 1.29 is 0 Å². The van der Waals surface area contributed by atoms with E-state index in [1.54, 1.807) is 6.33 Å². The summed E-state index contributed by atoms with van der Waals surface area (Å²) in [7, 11) is 2.14. The highest BCUT2D eigenvalue weighted by Gasteiger charge is 2.25. The molecule has 1 aliphatic rings. The van der Waals surface area contributed by atoms with E-state index in [9.17, 15) is 0 Å². The van der Waals surface area contributed by atoms with E-state index in [-0.39, 0.29) is 0 Å². The van der Waals surface area contributed by atoms with E-state index in [1.165, 1.54) is 17.2 Å². The van der Waals surface area contributed by atoms with Gasteiger partial charge in [0.05, 0.1) is 12.2 Å². The summed E-state index contributed by atoms with van der Waals surface area (Å²) in [5.74, 6) is 3.34. The van der Waals surface area contributed by atoms with Gasteiger partial charge in [0.1, 0.15) is 18.0 Å². The van der Waals surface area contributed by atoms with Crippen molar-refractivity contribution in [2.75, 3.05) is 11.4 Å². The van der Waals surface area contributed by atoms with Crippen LogP contribution in [0.4, 0.5) is 5.82 Å². The Morgan fingerprint density at radius 2 is 2.08 bits per heavy atom. The van der Waals surface area contributed by atoms with Crippen molar-refractivity contribution in [2.24, 2.45) is 7.05 Å². The predicted molar refractivity (Wildman–Crippen MR) is 96.8 cm³/mol. The van der Waals surface area contributed by atoms with Crippen LogP contribution in [-0.4, -0.2) is 35.7 Å². The van der Waals surface area contributed by atoms with Crippen LogP contribution in [0.3, 0.4) is 0 Å². The molecule has 4 rings (SSSR count). The zero-order valence-corrected chi connectivity index (χ0v) is 15.4. The topological polar surface area (TPSA) is 64.1 Å². The Labute approximate surface area is 147 Å². The van der Waals surface area contributed by atoms with Gasteiger partial charge in [-0.2, -0.15) is 14.6 Å². The number of rotatable bonds is 4. The largest absolute Gasteiger partial charge is 0.350 e. The second-order valence-corrected chi connectivity index (χ2v) is 7.08. The minimum atomic E-state index is 0.433. The maximum Gasteiger partial charge on any atom is 0.254 e. The van der Waals surface area contributed by atoms with Crippen LogP contribution < -0.4 is 4.90 Å². The van der Waals surface area contributed by atoms with Crippen LogP contribution in [0.2, 0.25) is 0 Å². The predicted octanol–water partition coefficient (Wildman–Crippen LogP) is 2.50. The van der Waals surface area contributed by atoms with Gasteiger partial charge in [-0.1, -0.05) is 27.2 Å². The molecule has 0 atom stereocenters. The Morgan fingerprint density at radius 1 is 1.24 bits per heavy atom. The van der Waals surface area contributed by atoms with Crippen LogP contribution in [0.1, 0.15) is 56.0 Å². The van der Waals surface area contributed by atoms with Crippen molar-refractivity contribution in [3.8, 4) is 0 Å². The molecule has 0 bridgehead atoms. The summed E-state index contributed by atoms with van der Waals surface area (Å²) in [5.41, 5.74) is 3.62. The van der Waals surface area contributed by atoms with Gasteiger partial charge in [0.25, 0.3) is 5.78 Å². The lowest BCUT2D eigenvalue weighted by atomic mass is 10.1. The lowest BCUT2D eigenvalue weighted by Crippen LogP contribution is -2.32. The number of imidazole rings is 1. The first-order chi connectivity index (χ1) is 12.1. The third-order valence-electron chi connectivity index (χ3n) is 4.92. The van der Waals surface area contributed by atoms with E-state index in [2.05, 4.69) is 58.4 Å². The zero-order chi connectivity index (χ0) is 17.6. The first-order valence-corrected chi connectivity index (χ1v) is 9.07. The number of hydrogen-bond donors (Lipinski definition) is 0. The van der Waals surface area contributed by atoms with Crippen molar-refractivity contribution in [3.05, 3.63) is 35.3 Å². The number of fused-ring (bicyclic) bond motifs is 2. The third-order valence-corrected chi connectivity index (χ3v) is 4.92. The van der Waals surface area contributed by atoms with Gasteiger partial charge in [-0.3, -0.25) is 0 Å². The van der Waals surface area contributed by atoms with E-state index < -0.39 is 0 Å². The van der Waals surface area contributed by atoms with Gasteiger partial charge in [-0.05, 0) is 6.42 Å². The summed E-state index contributed by atoms with van der Waals surface area (Å²) in [5, 5.41) is 4.38. The lowest BCUT2D eigenvalue weighted by Gasteiger charge is -2.29. The Bertz CT molecular complexity index is 906. The average Bonchev–Trinajstić information content (AvgIpc) is 3.19. The number of aryl methyl sites for hydroxylation is 1. The van der Waals surface area contributed by atoms with Crippen LogP contribution in [-0.2, 0) is 26.4 Å². The molecule has 7 nitrogen and oxygen atoms in total. The summed E-state index contributed by atoms with van der Waals surface area (Å²) in [4.78, 5) is 16.2. The first-order valence-electron chi connectivity index (χ1n) is 9.07. The quantitative estimate of drug-likeness (QED) is 0.731. The van der Waals surface area contributed by atoms with Gasteiger partial charge in [-0.25, -0.2) is 9.97 Å². The van der Waals surface area contributed by atoms with Crippen molar-refractivity contribution in [2.45, 2.75) is 52.5 Å². The summed E-state index contributed by atoms with van der Waals surface area (Å²) < 4.78 is 4.12. The Hall–Kier alpha value is -2.44. The highest BCUT2D eigenvalue weighted by atomic mass is 15.4. The van der Waals surface area contributed by atoms with Gasteiger partial charge in [-0.15, -0.1) is 0 Å². The molecule has 4 heterocycles. The molecule has 0 radical (unpaired) electrons. The Kier molecular flexibility index (Phi) is 3.94. The fourth-order valence-corrected chi connectivity index (χ4v) is 3.71. The molecule has 0 fully saturated rings. The second kappa shape index (κ2) is 6.13. The molecule has 0 aliphatic carbocycles. The normalized spacial score (nSPS) is 14.5. The molecule has 0 spiro atoms. The Balaban J connectivity index is 1.73. The van der Waals surface area contributed by atoms with Crippen molar-refractivity contribution in [1.29, 1.82) is 0 Å². The van der Waals surface area contributed by atoms with Gasteiger partial charge >= 0.3 is 0 Å². The highest BCUT2D eigenvalue weighted by Crippen LogP contribution is 2.27. The molecule has 0 N–H and O–H groups in total. The van der Waals surface area contributed by atoms with E-state index >= 15 is 0 Å². The van der Waals surface area contributed by atoms with Crippen LogP contribution in [0.25, 0.3) is 5.78 Å². The minimum absolute atomic E-state index is 0.433. The summed E-state index contributed by atoms with van der Waals surface area (Å²) >= 11 is 0. The van der Waals surface area contributed by atoms with Crippen LogP contribution in [0, 0.1) is 0 Å². The molecule has 3 aromatic rings. The van der Waals surface area contributed by atoms with Crippen molar-refractivity contribution in [3.63, 3.8) is 0 Å². The second-order valence-electron chi connectivity index (χ2n) is 7.08. The molecular weight excluding hydrogens is 314 g/mol. The maximum atomic E-state index is 4.91. The number of aromatic nitrogens is 6. The smallest absolute Gasteiger partial charge is 0.254 e. The van der Waals surface area contributed by atoms with E-state index in [0.717, 1.165) is 43.9 Å². The molecule has 1 aliphatic heterocycles. The molecule has 0 saturated carbocycles. The summed E-state index contributed by atoms with van der Waals surface area (Å²) in [6.07, 6.45) is 4.59. The first kappa shape index (κ1) is 16.1. The van der Waals surface area contributed by atoms with Gasteiger partial charge in [0.2, 0.25) is 0 Å². The average molecular weight is 339 g/mol. The maximum absolute atomic E-state index is 4.91. The lowest BCUT2D eigenvalue weighted by molar-refractivity contribution is 0.651. The van der Waals surface area contributed by atoms with E-state index in [1.807, 2.05) is 4.52 Å². The standard InChI is InChI=1S/C18H25N7/c1-5-6-13-9-16(25-18(21-13)19-11-20-25)24-8-7-15-14(10-24)22-17(12(2)3)23(15)4/h9,11-12H,5-8,10H2,1-4H3. The Morgan fingerprint density at radius 3 is 2.84 bits per heavy atom. The molecule has 7 heteroatoms. The summed E-state index contributed by atoms with van der Waals surface area (Å²) in [6.45, 7) is 8.33. The molecule has 0 amide bonds. The molecule has 3 aromatic heterocycles. The molecule has 0 unspecified atom stereocenters. The molecule has 0 saturated heterocycles. The number of anilines is 1.